The van der Waals surface area contributed by atoms with E-state index in [1.807, 2.05) is 18.2 Å². The predicted octanol–water partition coefficient (Wildman–Crippen LogP) is 5.89. The number of imidazole rings is 1. The number of aromatic nitrogens is 5. The van der Waals surface area contributed by atoms with Crippen molar-refractivity contribution >= 4 is 22.8 Å². The highest BCUT2D eigenvalue weighted by molar-refractivity contribution is 6.30. The SMILES string of the molecule is C[C@]1(c2ccc(Cl)cc2F)Oc2cccc(C3CCN(Cc4nc5cc(-c6noc(=O)[nH]6)cnc5n4CC4(C#N)CC4)CC3)c2O1. The molecule has 13 heteroatoms. The third-order valence-electron chi connectivity index (χ3n) is 9.35. The average Bonchev–Trinajstić information content (AvgIpc) is 3.34. The summed E-state index contributed by atoms with van der Waals surface area (Å²) >= 11 is 5.98. The fourth-order valence-corrected chi connectivity index (χ4v) is 6.79. The number of H-pyrrole nitrogens is 1. The lowest BCUT2D eigenvalue weighted by atomic mass is 9.88. The number of fused-ring (bicyclic) bond motifs is 2. The molecule has 3 aliphatic rings. The van der Waals surface area contributed by atoms with Gasteiger partial charge in [-0.1, -0.05) is 28.9 Å². The first kappa shape index (κ1) is 28.7. The second kappa shape index (κ2) is 10.7. The molecule has 2 aromatic carbocycles. The number of nitrogens with zero attached hydrogens (tertiary/aromatic N) is 6. The number of likely N-dealkylation sites (tertiary alicyclic amines) is 1. The minimum Gasteiger partial charge on any atom is -0.444 e. The van der Waals surface area contributed by atoms with Crippen molar-refractivity contribution in [2.45, 2.75) is 57.4 Å². The molecule has 11 nitrogen and oxygen atoms in total. The molecule has 5 aromatic rings. The summed E-state index contributed by atoms with van der Waals surface area (Å²) in [5.41, 5.74) is 2.89. The molecule has 1 saturated carbocycles. The molecule has 0 spiro atoms. The number of benzene rings is 2. The highest BCUT2D eigenvalue weighted by Crippen LogP contribution is 2.50. The van der Waals surface area contributed by atoms with Crippen molar-refractivity contribution in [1.29, 1.82) is 5.26 Å². The summed E-state index contributed by atoms with van der Waals surface area (Å²) < 4.78 is 34.1. The van der Waals surface area contributed by atoms with Crippen LogP contribution < -0.4 is 15.2 Å². The van der Waals surface area contributed by atoms with Crippen molar-refractivity contribution in [3.05, 3.63) is 87.0 Å². The van der Waals surface area contributed by atoms with Gasteiger partial charge in [-0.3, -0.25) is 14.4 Å². The van der Waals surface area contributed by atoms with Crippen molar-refractivity contribution < 1.29 is 18.4 Å². The van der Waals surface area contributed by atoms with E-state index in [0.29, 0.717) is 46.3 Å². The van der Waals surface area contributed by atoms with E-state index in [0.717, 1.165) is 50.2 Å². The van der Waals surface area contributed by atoms with Gasteiger partial charge in [0.15, 0.2) is 23.0 Å². The predicted molar refractivity (Wildman–Crippen MR) is 165 cm³/mol. The Kier molecular flexibility index (Phi) is 6.67. The highest BCUT2D eigenvalue weighted by atomic mass is 35.5. The van der Waals surface area contributed by atoms with Crippen LogP contribution in [0.3, 0.4) is 0 Å². The van der Waals surface area contributed by atoms with Gasteiger partial charge in [0, 0.05) is 35.8 Å². The van der Waals surface area contributed by atoms with Gasteiger partial charge >= 0.3 is 5.76 Å². The van der Waals surface area contributed by atoms with Crippen LogP contribution in [-0.2, 0) is 18.9 Å². The number of nitrogens with one attached hydrogen (secondary N) is 1. The first-order valence-electron chi connectivity index (χ1n) is 15.2. The molecule has 2 aliphatic heterocycles. The van der Waals surface area contributed by atoms with Crippen LogP contribution in [0.25, 0.3) is 22.6 Å². The molecule has 46 heavy (non-hydrogen) atoms. The van der Waals surface area contributed by atoms with Crippen molar-refractivity contribution in [2.75, 3.05) is 13.1 Å². The van der Waals surface area contributed by atoms with Crippen molar-refractivity contribution in [3.8, 4) is 29.0 Å². The van der Waals surface area contributed by atoms with Crippen LogP contribution >= 0.6 is 11.6 Å². The monoisotopic (exact) mass is 641 g/mol. The molecule has 1 saturated heterocycles. The fourth-order valence-electron chi connectivity index (χ4n) is 6.63. The molecule has 5 heterocycles. The van der Waals surface area contributed by atoms with Crippen LogP contribution in [0, 0.1) is 22.6 Å². The largest absolute Gasteiger partial charge is 0.444 e. The van der Waals surface area contributed by atoms with E-state index in [4.69, 9.17) is 26.1 Å². The fraction of sp³-hybridized carbons (Fsp3) is 0.364. The molecule has 0 radical (unpaired) electrons. The number of halogens is 2. The van der Waals surface area contributed by atoms with E-state index >= 15 is 0 Å². The number of ether oxygens (including phenoxy) is 2. The van der Waals surface area contributed by atoms with Crippen LogP contribution in [-0.4, -0.2) is 42.7 Å². The Morgan fingerprint density at radius 1 is 1.17 bits per heavy atom. The number of para-hydroxylation sites is 1. The zero-order valence-electron chi connectivity index (χ0n) is 24.9. The molecule has 0 amide bonds. The Labute approximate surface area is 267 Å². The van der Waals surface area contributed by atoms with Gasteiger partial charge in [-0.15, -0.1) is 0 Å². The van der Waals surface area contributed by atoms with Crippen molar-refractivity contribution in [2.24, 2.45) is 5.41 Å². The normalized spacial score (nSPS) is 20.7. The van der Waals surface area contributed by atoms with E-state index in [1.54, 1.807) is 25.3 Å². The first-order chi connectivity index (χ1) is 22.2. The Hall–Kier alpha value is -4.73. The summed E-state index contributed by atoms with van der Waals surface area (Å²) in [4.78, 5) is 26.0. The zero-order valence-corrected chi connectivity index (χ0v) is 25.7. The van der Waals surface area contributed by atoms with Gasteiger partial charge in [0.2, 0.25) is 0 Å². The van der Waals surface area contributed by atoms with Gasteiger partial charge in [0.1, 0.15) is 17.2 Å². The average molecular weight is 642 g/mol. The van der Waals surface area contributed by atoms with Gasteiger partial charge in [-0.05, 0) is 75.0 Å². The molecule has 0 bridgehead atoms. The number of hydrogen-bond acceptors (Lipinski definition) is 9. The number of rotatable bonds is 7. The Balaban J connectivity index is 1.02. The van der Waals surface area contributed by atoms with Crippen LogP contribution in [0.5, 0.6) is 11.5 Å². The summed E-state index contributed by atoms with van der Waals surface area (Å²) in [5, 5.41) is 13.9. The van der Waals surface area contributed by atoms with Gasteiger partial charge in [0.05, 0.1) is 23.6 Å². The molecule has 8 rings (SSSR count). The lowest BCUT2D eigenvalue weighted by molar-refractivity contribution is -0.0712. The number of hydrogen-bond donors (Lipinski definition) is 1. The van der Waals surface area contributed by atoms with Crippen LogP contribution in [0.15, 0.2) is 58.0 Å². The standard InChI is InChI=1S/C33H29ClFN7O4/c1-32(23-6-5-21(34)14-24(23)35)44-26-4-2-3-22(28(26)45-32)19-7-11-41(12-8-19)16-27-38-25-13-20(29-39-31(43)46-40-29)15-37-30(25)42(27)18-33(17-36)9-10-33/h2-6,13-15,19H,7-12,16,18H2,1H3,(H,39,40,43)/t32-/m0/s1. The smallest absolute Gasteiger partial charge is 0.439 e. The molecule has 1 atom stereocenters. The summed E-state index contributed by atoms with van der Waals surface area (Å²) in [6, 6.07) is 14.7. The highest BCUT2D eigenvalue weighted by Gasteiger charge is 2.45. The molecule has 3 aromatic heterocycles. The molecule has 1 aliphatic carbocycles. The van der Waals surface area contributed by atoms with Crippen LogP contribution in [0.1, 0.15) is 55.5 Å². The lowest BCUT2D eigenvalue weighted by Crippen LogP contribution is -2.34. The summed E-state index contributed by atoms with van der Waals surface area (Å²) in [6.45, 7) is 4.49. The number of pyridine rings is 1. The van der Waals surface area contributed by atoms with E-state index in [-0.39, 0.29) is 17.3 Å². The summed E-state index contributed by atoms with van der Waals surface area (Å²) in [5.74, 6) is 0.184. The summed E-state index contributed by atoms with van der Waals surface area (Å²) in [7, 11) is 0. The second-order valence-electron chi connectivity index (χ2n) is 12.5. The van der Waals surface area contributed by atoms with Gasteiger partial charge < -0.3 is 14.0 Å². The maximum absolute atomic E-state index is 14.9. The lowest BCUT2D eigenvalue weighted by Gasteiger charge is -2.32. The maximum Gasteiger partial charge on any atom is 0.439 e. The van der Waals surface area contributed by atoms with Gasteiger partial charge in [0.25, 0.3) is 5.79 Å². The third kappa shape index (κ3) is 5.00. The molecular formula is C33H29ClFN7O4. The Morgan fingerprint density at radius 3 is 2.72 bits per heavy atom. The third-order valence-corrected chi connectivity index (χ3v) is 9.59. The Morgan fingerprint density at radius 2 is 2.00 bits per heavy atom. The molecule has 0 unspecified atom stereocenters. The first-order valence-corrected chi connectivity index (χ1v) is 15.6. The zero-order chi connectivity index (χ0) is 31.6. The van der Waals surface area contributed by atoms with Gasteiger partial charge in [-0.25, -0.2) is 19.2 Å². The van der Waals surface area contributed by atoms with Crippen LogP contribution in [0.2, 0.25) is 5.02 Å². The molecule has 234 valence electrons. The van der Waals surface area contributed by atoms with E-state index in [1.165, 1.54) is 6.07 Å². The minimum atomic E-state index is -1.30. The quantitative estimate of drug-likeness (QED) is 0.231. The number of nitriles is 1. The van der Waals surface area contributed by atoms with E-state index in [9.17, 15) is 14.4 Å². The van der Waals surface area contributed by atoms with Crippen molar-refractivity contribution in [3.63, 3.8) is 0 Å². The number of piperidine rings is 1. The van der Waals surface area contributed by atoms with E-state index in [2.05, 4.69) is 41.3 Å². The van der Waals surface area contributed by atoms with E-state index < -0.39 is 22.8 Å². The Bertz CT molecular complexity index is 2090. The molecule has 1 N–H and O–H groups in total. The molecule has 2 fully saturated rings. The second-order valence-corrected chi connectivity index (χ2v) is 13.0. The maximum atomic E-state index is 14.9. The minimum absolute atomic E-state index is 0.230. The van der Waals surface area contributed by atoms with Crippen molar-refractivity contribution in [1.82, 2.24) is 29.6 Å². The number of aromatic amines is 1. The van der Waals surface area contributed by atoms with Gasteiger partial charge in [-0.2, -0.15) is 5.26 Å². The van der Waals surface area contributed by atoms with Crippen LogP contribution in [0.4, 0.5) is 4.39 Å². The molecular weight excluding hydrogens is 613 g/mol. The topological polar surface area (TPSA) is 135 Å². The summed E-state index contributed by atoms with van der Waals surface area (Å²) in [6.07, 6.45) is 5.10.